The summed E-state index contributed by atoms with van der Waals surface area (Å²) in [5.41, 5.74) is 7.81. The Morgan fingerprint density at radius 2 is 1.91 bits per heavy atom. The van der Waals surface area contributed by atoms with Gasteiger partial charge in [0.25, 0.3) is 5.78 Å². The van der Waals surface area contributed by atoms with Gasteiger partial charge in [0.1, 0.15) is 0 Å². The Bertz CT molecular complexity index is 1040. The molecule has 3 heterocycles. The number of fused-ring (bicyclic) bond motifs is 1. The molecule has 34 heavy (non-hydrogen) atoms. The first kappa shape index (κ1) is 24.7. The lowest BCUT2D eigenvalue weighted by atomic mass is 9.81. The minimum absolute atomic E-state index is 0.0200. The molecule has 2 aliphatic rings. The van der Waals surface area contributed by atoms with Crippen molar-refractivity contribution in [3.63, 3.8) is 0 Å². The third-order valence-electron chi connectivity index (χ3n) is 6.96. The molecule has 1 amide bonds. The molecule has 3 atom stereocenters. The van der Waals surface area contributed by atoms with E-state index < -0.39 is 42.4 Å². The summed E-state index contributed by atoms with van der Waals surface area (Å²) in [6.07, 6.45) is -2.91. The predicted octanol–water partition coefficient (Wildman–Crippen LogP) is 3.93. The standard InChI is InChI=1S/C22H29F5N6O/c1-11(2)18-15(8-13-7-14(22(25,26)27)9-29-19(13)34)32-33-10-16(30-20(33)31-18)17(28)12-3-5-21(23,24)6-4-12/h10-14,17H,3-9,28H2,1-2H3,(H,29,34)/t13-,14-,17+/m1/s1. The molecule has 2 aromatic rings. The second-order valence-corrected chi connectivity index (χ2v) is 9.85. The number of hydrogen-bond donors (Lipinski definition) is 2. The van der Waals surface area contributed by atoms with Crippen LogP contribution in [0, 0.1) is 17.8 Å². The number of alkyl halides is 5. The summed E-state index contributed by atoms with van der Waals surface area (Å²) in [6.45, 7) is 3.33. The Morgan fingerprint density at radius 3 is 2.53 bits per heavy atom. The number of carbonyl (C=O) groups excluding carboxylic acids is 1. The van der Waals surface area contributed by atoms with Gasteiger partial charge in [-0.1, -0.05) is 13.8 Å². The van der Waals surface area contributed by atoms with E-state index in [1.807, 2.05) is 13.8 Å². The Morgan fingerprint density at radius 1 is 1.24 bits per heavy atom. The van der Waals surface area contributed by atoms with Crippen LogP contribution < -0.4 is 11.1 Å². The minimum Gasteiger partial charge on any atom is -0.355 e. The van der Waals surface area contributed by atoms with Gasteiger partial charge in [-0.15, -0.1) is 0 Å². The summed E-state index contributed by atoms with van der Waals surface area (Å²) in [5.74, 6) is -5.53. The van der Waals surface area contributed by atoms with E-state index in [1.165, 1.54) is 4.52 Å². The van der Waals surface area contributed by atoms with Crippen LogP contribution in [-0.4, -0.2) is 44.1 Å². The van der Waals surface area contributed by atoms with Crippen molar-refractivity contribution in [3.8, 4) is 0 Å². The zero-order valence-electron chi connectivity index (χ0n) is 19.1. The number of nitrogens with zero attached hydrogens (tertiary/aromatic N) is 4. The predicted molar refractivity (Wildman–Crippen MR) is 113 cm³/mol. The summed E-state index contributed by atoms with van der Waals surface area (Å²) in [4.78, 5) is 21.3. The minimum atomic E-state index is -4.39. The van der Waals surface area contributed by atoms with E-state index in [9.17, 15) is 26.7 Å². The quantitative estimate of drug-likeness (QED) is 0.622. The lowest BCUT2D eigenvalue weighted by Crippen LogP contribution is -2.47. The number of rotatable bonds is 5. The highest BCUT2D eigenvalue weighted by molar-refractivity contribution is 5.79. The van der Waals surface area contributed by atoms with Crippen molar-refractivity contribution in [3.05, 3.63) is 23.3 Å². The van der Waals surface area contributed by atoms with E-state index in [4.69, 9.17) is 5.73 Å². The number of carbonyl (C=O) groups is 1. The number of nitrogens with one attached hydrogen (secondary N) is 1. The summed E-state index contributed by atoms with van der Waals surface area (Å²) >= 11 is 0. The lowest BCUT2D eigenvalue weighted by Gasteiger charge is -2.31. The number of piperidine rings is 1. The second kappa shape index (κ2) is 9.01. The fourth-order valence-corrected chi connectivity index (χ4v) is 4.87. The van der Waals surface area contributed by atoms with Crippen LogP contribution in [0.1, 0.15) is 75.0 Å². The fourth-order valence-electron chi connectivity index (χ4n) is 4.87. The topological polar surface area (TPSA) is 98.2 Å². The summed E-state index contributed by atoms with van der Waals surface area (Å²) in [6, 6.07) is -0.554. The zero-order chi connectivity index (χ0) is 24.8. The normalized spacial score (nSPS) is 25.0. The highest BCUT2D eigenvalue weighted by atomic mass is 19.4. The largest absolute Gasteiger partial charge is 0.393 e. The van der Waals surface area contributed by atoms with Crippen LogP contribution in [0.15, 0.2) is 6.20 Å². The lowest BCUT2D eigenvalue weighted by molar-refractivity contribution is -0.183. The number of hydrogen-bond acceptors (Lipinski definition) is 5. The van der Waals surface area contributed by atoms with Crippen molar-refractivity contribution in [1.29, 1.82) is 0 Å². The fraction of sp³-hybridized carbons (Fsp3) is 0.727. The Kier molecular flexibility index (Phi) is 6.56. The highest BCUT2D eigenvalue weighted by Gasteiger charge is 2.45. The molecular formula is C22H29F5N6O. The smallest absolute Gasteiger partial charge is 0.355 e. The molecule has 1 saturated heterocycles. The molecule has 0 radical (unpaired) electrons. The third-order valence-corrected chi connectivity index (χ3v) is 6.96. The zero-order valence-corrected chi connectivity index (χ0v) is 19.1. The van der Waals surface area contributed by atoms with Crippen molar-refractivity contribution < 1.29 is 26.7 Å². The molecule has 2 fully saturated rings. The molecule has 4 rings (SSSR count). The average molecular weight is 489 g/mol. The van der Waals surface area contributed by atoms with E-state index in [0.717, 1.165) is 0 Å². The number of nitrogens with two attached hydrogens (primary N) is 1. The van der Waals surface area contributed by atoms with E-state index in [1.54, 1.807) is 6.20 Å². The molecule has 0 spiro atoms. The van der Waals surface area contributed by atoms with Gasteiger partial charge in [0.2, 0.25) is 11.8 Å². The SMILES string of the molecule is CC(C)c1nc2nc([C@@H](N)C3CCC(F)(F)CC3)cn2nc1C[C@H]1C[C@@H](C(F)(F)F)CNC1=O. The van der Waals surface area contributed by atoms with Crippen molar-refractivity contribution in [2.24, 2.45) is 23.5 Å². The molecule has 7 nitrogen and oxygen atoms in total. The third kappa shape index (κ3) is 5.16. The van der Waals surface area contributed by atoms with Gasteiger partial charge < -0.3 is 11.1 Å². The van der Waals surface area contributed by atoms with Crippen LogP contribution >= 0.6 is 0 Å². The summed E-state index contributed by atoms with van der Waals surface area (Å²) in [7, 11) is 0. The number of halogens is 5. The number of amides is 1. The molecule has 3 N–H and O–H groups in total. The van der Waals surface area contributed by atoms with Gasteiger partial charge in [-0.2, -0.15) is 18.3 Å². The van der Waals surface area contributed by atoms with Gasteiger partial charge >= 0.3 is 6.18 Å². The van der Waals surface area contributed by atoms with Crippen molar-refractivity contribution in [1.82, 2.24) is 24.9 Å². The average Bonchev–Trinajstić information content (AvgIpc) is 3.16. The van der Waals surface area contributed by atoms with Crippen LogP contribution in [0.3, 0.4) is 0 Å². The Labute approximate surface area is 193 Å². The van der Waals surface area contributed by atoms with Crippen molar-refractivity contribution in [2.45, 2.75) is 76.4 Å². The first-order valence-corrected chi connectivity index (χ1v) is 11.6. The molecule has 0 aromatic carbocycles. The van der Waals surface area contributed by atoms with Crippen LogP contribution in [0.2, 0.25) is 0 Å². The maximum atomic E-state index is 13.5. The van der Waals surface area contributed by atoms with Crippen molar-refractivity contribution >= 4 is 11.7 Å². The Hall–Kier alpha value is -2.37. The molecule has 188 valence electrons. The molecule has 1 aliphatic heterocycles. The van der Waals surface area contributed by atoms with Crippen LogP contribution in [-0.2, 0) is 11.2 Å². The van der Waals surface area contributed by atoms with E-state index >= 15 is 0 Å². The molecule has 0 bridgehead atoms. The number of aromatic nitrogens is 4. The van der Waals surface area contributed by atoms with E-state index in [-0.39, 0.29) is 43.3 Å². The van der Waals surface area contributed by atoms with Gasteiger partial charge in [-0.25, -0.2) is 23.3 Å². The van der Waals surface area contributed by atoms with Gasteiger partial charge in [0, 0.05) is 31.7 Å². The van der Waals surface area contributed by atoms with Crippen LogP contribution in [0.5, 0.6) is 0 Å². The maximum Gasteiger partial charge on any atom is 0.393 e. The second-order valence-electron chi connectivity index (χ2n) is 9.85. The van der Waals surface area contributed by atoms with Crippen LogP contribution in [0.25, 0.3) is 5.78 Å². The summed E-state index contributed by atoms with van der Waals surface area (Å²) < 4.78 is 68.1. The summed E-state index contributed by atoms with van der Waals surface area (Å²) in [5, 5.41) is 6.90. The highest BCUT2D eigenvalue weighted by Crippen LogP contribution is 2.40. The molecule has 2 aromatic heterocycles. The van der Waals surface area contributed by atoms with Crippen molar-refractivity contribution in [2.75, 3.05) is 6.54 Å². The Balaban J connectivity index is 1.59. The van der Waals surface area contributed by atoms with Gasteiger partial charge in [-0.3, -0.25) is 4.79 Å². The van der Waals surface area contributed by atoms with E-state index in [2.05, 4.69) is 20.4 Å². The van der Waals surface area contributed by atoms with Gasteiger partial charge in [-0.05, 0) is 31.1 Å². The molecular weight excluding hydrogens is 459 g/mol. The molecule has 0 unspecified atom stereocenters. The van der Waals surface area contributed by atoms with Gasteiger partial charge in [0.15, 0.2) is 0 Å². The number of imidazole rings is 1. The molecule has 1 saturated carbocycles. The first-order valence-electron chi connectivity index (χ1n) is 11.6. The molecule has 12 heteroatoms. The van der Waals surface area contributed by atoms with Gasteiger partial charge in [0.05, 0.1) is 35.2 Å². The maximum absolute atomic E-state index is 13.5. The van der Waals surface area contributed by atoms with Crippen LogP contribution in [0.4, 0.5) is 22.0 Å². The molecule has 1 aliphatic carbocycles. The monoisotopic (exact) mass is 488 g/mol. The van der Waals surface area contributed by atoms with E-state index in [0.29, 0.717) is 29.9 Å². The first-order chi connectivity index (χ1) is 15.8.